The van der Waals surface area contributed by atoms with Crippen molar-refractivity contribution in [2.24, 2.45) is 17.3 Å². The zero-order valence-corrected chi connectivity index (χ0v) is 16.2. The monoisotopic (exact) mass is 392 g/mol. The minimum absolute atomic E-state index is 0.163. The fourth-order valence-corrected chi connectivity index (χ4v) is 6.00. The molecule has 1 aromatic rings. The van der Waals surface area contributed by atoms with Gasteiger partial charge in [0.05, 0.1) is 17.0 Å². The van der Waals surface area contributed by atoms with Crippen LogP contribution in [0.5, 0.6) is 0 Å². The Morgan fingerprint density at radius 2 is 2.04 bits per heavy atom. The maximum absolute atomic E-state index is 12.5. The van der Waals surface area contributed by atoms with Gasteiger partial charge >= 0.3 is 5.97 Å². The molecule has 5 atom stereocenters. The Hall–Kier alpha value is -1.66. The molecule has 4 bridgehead atoms. The number of anilines is 1. The Kier molecular flexibility index (Phi) is 4.67. The predicted octanol–water partition coefficient (Wildman–Crippen LogP) is 3.33. The second-order valence-corrected chi connectivity index (χ2v) is 9.28. The number of hydrogen-bond donors (Lipinski definition) is 2. The zero-order valence-electron chi connectivity index (χ0n) is 15.4. The normalized spacial score (nSPS) is 34.9. The number of carbonyl (C=O) groups is 2. The molecular formula is C20H25ClN2O4. The number of aromatic nitrogens is 1. The van der Waals surface area contributed by atoms with Crippen molar-refractivity contribution in [1.29, 1.82) is 0 Å². The van der Waals surface area contributed by atoms with Gasteiger partial charge in [-0.1, -0.05) is 11.6 Å². The molecule has 4 aliphatic carbocycles. The minimum atomic E-state index is -0.910. The van der Waals surface area contributed by atoms with Crippen molar-refractivity contribution in [2.75, 3.05) is 5.32 Å². The summed E-state index contributed by atoms with van der Waals surface area (Å²) >= 11 is 5.77. The van der Waals surface area contributed by atoms with E-state index in [1.54, 1.807) is 19.1 Å². The van der Waals surface area contributed by atoms with Crippen molar-refractivity contribution in [2.45, 2.75) is 63.6 Å². The number of nitrogens with one attached hydrogen (secondary N) is 1. The van der Waals surface area contributed by atoms with Crippen LogP contribution < -0.4 is 5.32 Å². The maximum Gasteiger partial charge on any atom is 0.307 e. The van der Waals surface area contributed by atoms with E-state index in [4.69, 9.17) is 16.3 Å². The van der Waals surface area contributed by atoms with Gasteiger partial charge in [-0.3, -0.25) is 9.59 Å². The summed E-state index contributed by atoms with van der Waals surface area (Å²) in [5.74, 6) is 0.590. The van der Waals surface area contributed by atoms with Crippen molar-refractivity contribution < 1.29 is 19.4 Å². The summed E-state index contributed by atoms with van der Waals surface area (Å²) in [5, 5.41) is 13.9. The van der Waals surface area contributed by atoms with Gasteiger partial charge in [-0.15, -0.1) is 0 Å². The van der Waals surface area contributed by atoms with Crippen LogP contribution in [-0.4, -0.2) is 33.7 Å². The molecular weight excluding hydrogens is 368 g/mol. The van der Waals surface area contributed by atoms with E-state index in [1.165, 1.54) is 12.6 Å². The van der Waals surface area contributed by atoms with Crippen LogP contribution in [0.1, 0.15) is 51.9 Å². The third-order valence-corrected chi connectivity index (χ3v) is 6.55. The van der Waals surface area contributed by atoms with Crippen LogP contribution >= 0.6 is 11.6 Å². The Labute approximate surface area is 163 Å². The number of nitrogens with zero attached hydrogens (tertiary/aromatic N) is 1. The predicted molar refractivity (Wildman–Crippen MR) is 100 cm³/mol. The summed E-state index contributed by atoms with van der Waals surface area (Å²) in [7, 11) is 0. The van der Waals surface area contributed by atoms with E-state index in [0.29, 0.717) is 29.1 Å². The molecule has 0 aromatic carbocycles. The quantitative estimate of drug-likeness (QED) is 0.750. The lowest BCUT2D eigenvalue weighted by Crippen LogP contribution is -2.56. The molecule has 4 aliphatic rings. The number of rotatable bonds is 5. The van der Waals surface area contributed by atoms with E-state index in [1.807, 2.05) is 0 Å². The Morgan fingerprint density at radius 3 is 2.63 bits per heavy atom. The molecule has 1 heterocycles. The second-order valence-electron chi connectivity index (χ2n) is 8.85. The molecule has 5 rings (SSSR count). The van der Waals surface area contributed by atoms with Gasteiger partial charge in [-0.05, 0) is 74.8 Å². The smallest absolute Gasteiger partial charge is 0.307 e. The minimum Gasteiger partial charge on any atom is -0.453 e. The summed E-state index contributed by atoms with van der Waals surface area (Å²) in [4.78, 5) is 28.8. The number of esters is 1. The summed E-state index contributed by atoms with van der Waals surface area (Å²) in [6.07, 6.45) is 6.35. The van der Waals surface area contributed by atoms with Gasteiger partial charge in [0, 0.05) is 6.20 Å². The maximum atomic E-state index is 12.5. The van der Waals surface area contributed by atoms with Gasteiger partial charge in [0.2, 0.25) is 0 Å². The lowest BCUT2D eigenvalue weighted by atomic mass is 9.47. The molecule has 0 aliphatic heterocycles. The Balaban J connectivity index is 1.34. The van der Waals surface area contributed by atoms with Crippen LogP contribution in [0.3, 0.4) is 0 Å². The highest BCUT2D eigenvalue weighted by Crippen LogP contribution is 2.62. The third-order valence-electron chi connectivity index (χ3n) is 6.33. The topological polar surface area (TPSA) is 88.5 Å². The van der Waals surface area contributed by atoms with E-state index in [2.05, 4.69) is 10.3 Å². The highest BCUT2D eigenvalue weighted by atomic mass is 35.5. The third kappa shape index (κ3) is 3.97. The van der Waals surface area contributed by atoms with Crippen LogP contribution in [0.4, 0.5) is 5.82 Å². The molecule has 27 heavy (non-hydrogen) atoms. The van der Waals surface area contributed by atoms with Crippen LogP contribution in [0.2, 0.25) is 5.02 Å². The van der Waals surface area contributed by atoms with Crippen molar-refractivity contribution in [3.8, 4) is 0 Å². The summed E-state index contributed by atoms with van der Waals surface area (Å²) < 4.78 is 5.39. The van der Waals surface area contributed by atoms with E-state index in [9.17, 15) is 14.7 Å². The highest BCUT2D eigenvalue weighted by molar-refractivity contribution is 6.30. The van der Waals surface area contributed by atoms with E-state index in [-0.39, 0.29) is 17.8 Å². The molecule has 0 saturated heterocycles. The number of hydrogen-bond acceptors (Lipinski definition) is 5. The van der Waals surface area contributed by atoms with E-state index < -0.39 is 17.6 Å². The number of carbonyl (C=O) groups excluding carboxylic acids is 2. The Morgan fingerprint density at radius 1 is 1.33 bits per heavy atom. The Bertz CT molecular complexity index is 737. The second kappa shape index (κ2) is 6.74. The first kappa shape index (κ1) is 18.7. The number of halogens is 1. The fraction of sp³-hybridized carbons (Fsp3) is 0.650. The first-order valence-corrected chi connectivity index (χ1v) is 9.96. The molecule has 7 heteroatoms. The molecule has 1 aromatic heterocycles. The molecule has 0 spiro atoms. The van der Waals surface area contributed by atoms with Crippen molar-refractivity contribution >= 4 is 29.3 Å². The van der Waals surface area contributed by atoms with Crippen LogP contribution in [0.15, 0.2) is 18.3 Å². The molecule has 2 N–H and O–H groups in total. The van der Waals surface area contributed by atoms with Crippen molar-refractivity contribution in [3.05, 3.63) is 23.4 Å². The molecule has 0 radical (unpaired) electrons. The molecule has 4 saturated carbocycles. The molecule has 2 unspecified atom stereocenters. The number of pyridine rings is 1. The van der Waals surface area contributed by atoms with E-state index in [0.717, 1.165) is 25.7 Å². The average Bonchev–Trinajstić information content (AvgIpc) is 2.53. The van der Waals surface area contributed by atoms with Gasteiger partial charge < -0.3 is 15.2 Å². The number of amides is 1. The van der Waals surface area contributed by atoms with E-state index >= 15 is 0 Å². The zero-order chi connectivity index (χ0) is 19.2. The summed E-state index contributed by atoms with van der Waals surface area (Å²) in [5.41, 5.74) is -0.766. The molecule has 1 amide bonds. The van der Waals surface area contributed by atoms with Gasteiger partial charge in [-0.25, -0.2) is 4.98 Å². The first-order chi connectivity index (χ1) is 12.7. The standard InChI is InChI=1S/C20H25ClN2O4/c1-12(18(25)23-16-3-2-15(21)10-22-16)27-17(24)9-19-5-13-4-14(6-19)8-20(26,7-13)11-19/h2-3,10,12-14,26H,4-9,11H2,1H3,(H,22,23,25)/t12-,13-,14+,19?,20?/m0/s1. The summed E-state index contributed by atoms with van der Waals surface area (Å²) in [6, 6.07) is 3.21. The molecule has 146 valence electrons. The highest BCUT2D eigenvalue weighted by Gasteiger charge is 2.57. The number of ether oxygens (including phenoxy) is 1. The number of aliphatic hydroxyl groups is 1. The lowest BCUT2D eigenvalue weighted by molar-refractivity contribution is -0.179. The molecule has 4 fully saturated rings. The van der Waals surface area contributed by atoms with Gasteiger partial charge in [0.25, 0.3) is 5.91 Å². The van der Waals surface area contributed by atoms with Crippen molar-refractivity contribution in [1.82, 2.24) is 4.98 Å². The average molecular weight is 393 g/mol. The van der Waals surface area contributed by atoms with Crippen LogP contribution in [0.25, 0.3) is 0 Å². The van der Waals surface area contributed by atoms with Crippen LogP contribution in [-0.2, 0) is 14.3 Å². The molecule has 6 nitrogen and oxygen atoms in total. The van der Waals surface area contributed by atoms with Gasteiger partial charge in [-0.2, -0.15) is 0 Å². The van der Waals surface area contributed by atoms with Gasteiger partial charge in [0.15, 0.2) is 6.10 Å². The van der Waals surface area contributed by atoms with Crippen LogP contribution in [0, 0.1) is 17.3 Å². The largest absolute Gasteiger partial charge is 0.453 e. The van der Waals surface area contributed by atoms with Crippen molar-refractivity contribution in [3.63, 3.8) is 0 Å². The lowest BCUT2D eigenvalue weighted by Gasteiger charge is -2.60. The first-order valence-electron chi connectivity index (χ1n) is 9.59. The van der Waals surface area contributed by atoms with Gasteiger partial charge in [0.1, 0.15) is 5.82 Å². The fourth-order valence-electron chi connectivity index (χ4n) is 5.88. The summed E-state index contributed by atoms with van der Waals surface area (Å²) in [6.45, 7) is 1.55. The SMILES string of the molecule is C[C@H](OC(=O)CC12C[C@@H]3C[C@@H](CC(O)(C3)C1)C2)C(=O)Nc1ccc(Cl)cn1.